The lowest BCUT2D eigenvalue weighted by Crippen LogP contribution is -2.12. The number of benzene rings is 1. The second kappa shape index (κ2) is 5.77. The predicted molar refractivity (Wildman–Crippen MR) is 66.1 cm³/mol. The van der Waals surface area contributed by atoms with Gasteiger partial charge in [0.2, 0.25) is 0 Å². The van der Waals surface area contributed by atoms with Crippen LogP contribution < -0.4 is 0 Å². The molecule has 6 heteroatoms. The molecule has 0 aromatic heterocycles. The third-order valence-corrected chi connectivity index (χ3v) is 3.13. The average molecular weight is 302 g/mol. The normalized spacial score (nSPS) is 12.1. The molecule has 0 fully saturated rings. The number of hydrogen-bond donors (Lipinski definition) is 1. The van der Waals surface area contributed by atoms with Crippen molar-refractivity contribution in [1.29, 1.82) is 0 Å². The van der Waals surface area contributed by atoms with Gasteiger partial charge in [-0.1, -0.05) is 35.3 Å². The molecule has 0 saturated carbocycles. The second-order valence-electron chi connectivity index (χ2n) is 3.64. The fourth-order valence-electron chi connectivity index (χ4n) is 1.61. The van der Waals surface area contributed by atoms with Crippen molar-refractivity contribution in [2.75, 3.05) is 0 Å². The van der Waals surface area contributed by atoms with E-state index < -0.39 is 16.8 Å². The molecular formula is C11H12BrNO4. The number of nitro groups is 1. The minimum absolute atomic E-state index is 0.0544. The van der Waals surface area contributed by atoms with Gasteiger partial charge in [0.25, 0.3) is 5.69 Å². The van der Waals surface area contributed by atoms with Crippen LogP contribution in [0.1, 0.15) is 31.2 Å². The number of nitro benzene ring substituents is 1. The monoisotopic (exact) mass is 301 g/mol. The Morgan fingerprint density at radius 2 is 2.24 bits per heavy atom. The van der Waals surface area contributed by atoms with Crippen molar-refractivity contribution in [3.8, 4) is 0 Å². The van der Waals surface area contributed by atoms with Crippen molar-refractivity contribution in [2.24, 2.45) is 0 Å². The Balaban J connectivity index is 3.12. The van der Waals surface area contributed by atoms with E-state index in [4.69, 9.17) is 5.11 Å². The summed E-state index contributed by atoms with van der Waals surface area (Å²) < 4.78 is 0.465. The first-order valence-electron chi connectivity index (χ1n) is 5.14. The van der Waals surface area contributed by atoms with E-state index in [0.717, 1.165) is 6.42 Å². The van der Waals surface area contributed by atoms with Crippen molar-refractivity contribution < 1.29 is 14.8 Å². The van der Waals surface area contributed by atoms with Crippen LogP contribution in [0, 0.1) is 10.1 Å². The van der Waals surface area contributed by atoms with Gasteiger partial charge in [0.15, 0.2) is 0 Å². The predicted octanol–water partition coefficient (Wildman–Crippen LogP) is 3.33. The van der Waals surface area contributed by atoms with Gasteiger partial charge in [-0.15, -0.1) is 0 Å². The number of nitrogens with zero attached hydrogens (tertiary/aromatic N) is 1. The number of non-ortho nitro benzene ring substituents is 1. The van der Waals surface area contributed by atoms with Gasteiger partial charge in [-0.2, -0.15) is 0 Å². The van der Waals surface area contributed by atoms with Crippen LogP contribution in [0.4, 0.5) is 5.69 Å². The van der Waals surface area contributed by atoms with E-state index in [-0.39, 0.29) is 5.69 Å². The van der Waals surface area contributed by atoms with Crippen LogP contribution in [0.5, 0.6) is 0 Å². The molecule has 1 N–H and O–H groups in total. The van der Waals surface area contributed by atoms with Crippen LogP contribution >= 0.6 is 15.9 Å². The summed E-state index contributed by atoms with van der Waals surface area (Å²) in [6.45, 7) is 1.90. The third-order valence-electron chi connectivity index (χ3n) is 2.45. The third kappa shape index (κ3) is 3.26. The standard InChI is InChI=1S/C11H12BrNO4/c1-2-3-9(11(14)15)8-5-4-7(13(16)17)6-10(8)12/h4-6,9H,2-3H2,1H3,(H,14,15). The van der Waals surface area contributed by atoms with Crippen molar-refractivity contribution in [3.05, 3.63) is 38.3 Å². The lowest BCUT2D eigenvalue weighted by Gasteiger charge is -2.13. The Morgan fingerprint density at radius 1 is 1.59 bits per heavy atom. The summed E-state index contributed by atoms with van der Waals surface area (Å²) in [7, 11) is 0. The SMILES string of the molecule is CCCC(C(=O)O)c1ccc([N+](=O)[O-])cc1Br. The lowest BCUT2D eigenvalue weighted by atomic mass is 9.94. The van der Waals surface area contributed by atoms with Crippen molar-refractivity contribution >= 4 is 27.6 Å². The maximum Gasteiger partial charge on any atom is 0.311 e. The van der Waals surface area contributed by atoms with E-state index in [1.807, 2.05) is 6.92 Å². The quantitative estimate of drug-likeness (QED) is 0.668. The molecule has 1 rings (SSSR count). The molecular weight excluding hydrogens is 290 g/mol. The molecule has 17 heavy (non-hydrogen) atoms. The first-order valence-corrected chi connectivity index (χ1v) is 5.93. The van der Waals surface area contributed by atoms with Crippen LogP contribution in [0.2, 0.25) is 0 Å². The number of rotatable bonds is 5. The van der Waals surface area contributed by atoms with Gasteiger partial charge < -0.3 is 5.11 Å². The molecule has 0 aliphatic carbocycles. The fraction of sp³-hybridized carbons (Fsp3) is 0.364. The summed E-state index contributed by atoms with van der Waals surface area (Å²) >= 11 is 3.19. The van der Waals surface area contributed by atoms with Crippen LogP contribution in [-0.4, -0.2) is 16.0 Å². The van der Waals surface area contributed by atoms with Crippen molar-refractivity contribution in [1.82, 2.24) is 0 Å². The topological polar surface area (TPSA) is 80.4 Å². The Morgan fingerprint density at radius 3 is 2.65 bits per heavy atom. The molecule has 0 bridgehead atoms. The molecule has 92 valence electrons. The Hall–Kier alpha value is -1.43. The van der Waals surface area contributed by atoms with Gasteiger partial charge in [0.05, 0.1) is 10.8 Å². The Bertz CT molecular complexity index is 447. The molecule has 0 heterocycles. The number of aliphatic carboxylic acids is 1. The van der Waals surface area contributed by atoms with Gasteiger partial charge in [-0.05, 0) is 12.0 Å². The second-order valence-corrected chi connectivity index (χ2v) is 4.50. The fourth-order valence-corrected chi connectivity index (χ4v) is 2.26. The van der Waals surface area contributed by atoms with E-state index in [0.29, 0.717) is 16.5 Å². The van der Waals surface area contributed by atoms with E-state index in [2.05, 4.69) is 15.9 Å². The number of carbonyl (C=O) groups is 1. The van der Waals surface area contributed by atoms with Gasteiger partial charge in [-0.3, -0.25) is 14.9 Å². The largest absolute Gasteiger partial charge is 0.481 e. The van der Waals surface area contributed by atoms with E-state index in [1.54, 1.807) is 0 Å². The minimum Gasteiger partial charge on any atom is -0.481 e. The zero-order chi connectivity index (χ0) is 13.0. The number of carboxylic acid groups (broad SMARTS) is 1. The highest BCUT2D eigenvalue weighted by atomic mass is 79.9. The van der Waals surface area contributed by atoms with Crippen molar-refractivity contribution in [3.63, 3.8) is 0 Å². The maximum absolute atomic E-state index is 11.1. The molecule has 1 aromatic carbocycles. The summed E-state index contributed by atoms with van der Waals surface area (Å²) in [4.78, 5) is 21.2. The zero-order valence-corrected chi connectivity index (χ0v) is 10.8. The number of halogens is 1. The van der Waals surface area contributed by atoms with E-state index in [1.165, 1.54) is 18.2 Å². The summed E-state index contributed by atoms with van der Waals surface area (Å²) in [5.41, 5.74) is 0.520. The number of hydrogen-bond acceptors (Lipinski definition) is 3. The number of carboxylic acids is 1. The first-order chi connectivity index (χ1) is 7.97. The zero-order valence-electron chi connectivity index (χ0n) is 9.22. The molecule has 5 nitrogen and oxygen atoms in total. The van der Waals surface area contributed by atoms with Gasteiger partial charge in [0.1, 0.15) is 0 Å². The molecule has 0 saturated heterocycles. The Kier molecular flexibility index (Phi) is 4.62. The smallest absolute Gasteiger partial charge is 0.311 e. The molecule has 0 aliphatic rings. The van der Waals surface area contributed by atoms with E-state index in [9.17, 15) is 14.9 Å². The molecule has 0 radical (unpaired) electrons. The van der Waals surface area contributed by atoms with Crippen LogP contribution in [0.25, 0.3) is 0 Å². The van der Waals surface area contributed by atoms with Gasteiger partial charge in [-0.25, -0.2) is 0 Å². The summed E-state index contributed by atoms with van der Waals surface area (Å²) in [6.07, 6.45) is 1.24. The highest BCUT2D eigenvalue weighted by Crippen LogP contribution is 2.31. The molecule has 1 atom stereocenters. The lowest BCUT2D eigenvalue weighted by molar-refractivity contribution is -0.384. The van der Waals surface area contributed by atoms with Crippen molar-refractivity contribution in [2.45, 2.75) is 25.7 Å². The molecule has 0 spiro atoms. The molecule has 0 aliphatic heterocycles. The molecule has 1 aromatic rings. The van der Waals surface area contributed by atoms with E-state index >= 15 is 0 Å². The highest BCUT2D eigenvalue weighted by Gasteiger charge is 2.22. The van der Waals surface area contributed by atoms with Crippen LogP contribution in [-0.2, 0) is 4.79 Å². The van der Waals surface area contributed by atoms with Gasteiger partial charge >= 0.3 is 5.97 Å². The van der Waals surface area contributed by atoms with Crippen LogP contribution in [0.15, 0.2) is 22.7 Å². The molecule has 0 amide bonds. The Labute approximate surface area is 107 Å². The summed E-state index contributed by atoms with van der Waals surface area (Å²) in [5.74, 6) is -1.54. The maximum atomic E-state index is 11.1. The first kappa shape index (κ1) is 13.6. The minimum atomic E-state index is -0.915. The molecule has 1 unspecified atom stereocenters. The summed E-state index contributed by atoms with van der Waals surface area (Å²) in [5, 5.41) is 19.7. The van der Waals surface area contributed by atoms with Gasteiger partial charge in [0, 0.05) is 16.6 Å². The highest BCUT2D eigenvalue weighted by molar-refractivity contribution is 9.10. The van der Waals surface area contributed by atoms with Crippen LogP contribution in [0.3, 0.4) is 0 Å². The average Bonchev–Trinajstić information content (AvgIpc) is 2.26. The summed E-state index contributed by atoms with van der Waals surface area (Å²) in [6, 6.07) is 4.16.